The average molecular weight is 387 g/mol. The minimum absolute atomic E-state index is 0.194. The first-order valence-electron chi connectivity index (χ1n) is 8.78. The lowest BCUT2D eigenvalue weighted by atomic mass is 10.1. The number of carbonyl (C=O) groups is 1. The number of hydrogen-bond donors (Lipinski definition) is 1. The van der Waals surface area contributed by atoms with Gasteiger partial charge in [0.2, 0.25) is 5.91 Å². The smallest absolute Gasteiger partial charge is 0.237 e. The van der Waals surface area contributed by atoms with Gasteiger partial charge in [0.15, 0.2) is 10.8 Å². The van der Waals surface area contributed by atoms with Crippen molar-refractivity contribution in [2.75, 3.05) is 5.32 Å². The summed E-state index contributed by atoms with van der Waals surface area (Å²) in [4.78, 5) is 12.7. The van der Waals surface area contributed by atoms with Crippen molar-refractivity contribution in [3.63, 3.8) is 0 Å². The predicted molar refractivity (Wildman–Crippen MR) is 110 cm³/mol. The number of carbonyl (C=O) groups excluding carboxylic acids is 1. The van der Waals surface area contributed by atoms with Crippen molar-refractivity contribution < 1.29 is 4.79 Å². The molecule has 6 nitrogen and oxygen atoms in total. The lowest BCUT2D eigenvalue weighted by molar-refractivity contribution is -0.115. The largest absolute Gasteiger partial charge is 0.324 e. The molecule has 28 heavy (non-hydrogen) atoms. The molecule has 1 N–H and O–H groups in total. The fourth-order valence-electron chi connectivity index (χ4n) is 3.09. The van der Waals surface area contributed by atoms with Crippen LogP contribution in [0.4, 0.5) is 5.69 Å². The number of fused-ring (bicyclic) bond motifs is 3. The molecular weight excluding hydrogens is 370 g/mol. The molecule has 0 saturated carbocycles. The first kappa shape index (κ1) is 18.0. The Kier molecular flexibility index (Phi) is 4.72. The van der Waals surface area contributed by atoms with Crippen LogP contribution in [0.5, 0.6) is 0 Å². The SMILES string of the molecule is Cc1cc2nnc(SC(C)C(=O)Nc3ccccc3C#N)n2c2ccccc12. The molecule has 2 aromatic carbocycles. The molecule has 0 spiro atoms. The van der Waals surface area contributed by atoms with Gasteiger partial charge >= 0.3 is 0 Å². The number of nitriles is 1. The van der Waals surface area contributed by atoms with Gasteiger partial charge in [0, 0.05) is 5.39 Å². The first-order chi connectivity index (χ1) is 13.6. The maximum atomic E-state index is 12.7. The van der Waals surface area contributed by atoms with Gasteiger partial charge < -0.3 is 5.32 Å². The Morgan fingerprint density at radius 2 is 1.93 bits per heavy atom. The number of benzene rings is 2. The lowest BCUT2D eigenvalue weighted by Gasteiger charge is -2.13. The molecule has 0 saturated heterocycles. The van der Waals surface area contributed by atoms with E-state index >= 15 is 0 Å². The van der Waals surface area contributed by atoms with E-state index in [9.17, 15) is 10.1 Å². The number of rotatable bonds is 4. The van der Waals surface area contributed by atoms with Gasteiger partial charge in [0.1, 0.15) is 6.07 Å². The monoisotopic (exact) mass is 387 g/mol. The molecule has 0 aliphatic rings. The number of nitrogens with zero attached hydrogens (tertiary/aromatic N) is 4. The van der Waals surface area contributed by atoms with Crippen molar-refractivity contribution in [2.45, 2.75) is 24.3 Å². The summed E-state index contributed by atoms with van der Waals surface area (Å²) in [5.74, 6) is -0.194. The van der Waals surface area contributed by atoms with Crippen molar-refractivity contribution in [3.8, 4) is 6.07 Å². The molecule has 7 heteroatoms. The maximum absolute atomic E-state index is 12.7. The van der Waals surface area contributed by atoms with E-state index in [2.05, 4.69) is 27.6 Å². The second-order valence-corrected chi connectivity index (χ2v) is 7.74. The lowest BCUT2D eigenvalue weighted by Crippen LogP contribution is -2.23. The zero-order chi connectivity index (χ0) is 19.7. The third-order valence-electron chi connectivity index (χ3n) is 4.53. The summed E-state index contributed by atoms with van der Waals surface area (Å²) < 4.78 is 1.97. The van der Waals surface area contributed by atoms with Crippen LogP contribution in [0.1, 0.15) is 18.1 Å². The molecule has 0 radical (unpaired) electrons. The molecule has 1 amide bonds. The average Bonchev–Trinajstić information content (AvgIpc) is 3.11. The number of anilines is 1. The van der Waals surface area contributed by atoms with Gasteiger partial charge in [-0.2, -0.15) is 5.26 Å². The van der Waals surface area contributed by atoms with Crippen LogP contribution in [0, 0.1) is 18.3 Å². The van der Waals surface area contributed by atoms with E-state index < -0.39 is 5.25 Å². The number of pyridine rings is 1. The summed E-state index contributed by atoms with van der Waals surface area (Å²) in [5, 5.41) is 21.9. The third-order valence-corrected chi connectivity index (χ3v) is 5.57. The van der Waals surface area contributed by atoms with Gasteiger partial charge in [0.25, 0.3) is 0 Å². The van der Waals surface area contributed by atoms with E-state index in [1.807, 2.05) is 42.5 Å². The molecule has 0 bridgehead atoms. The Labute approximate surface area is 166 Å². The van der Waals surface area contributed by atoms with Crippen molar-refractivity contribution in [3.05, 3.63) is 65.7 Å². The van der Waals surface area contributed by atoms with Crippen molar-refractivity contribution in [1.82, 2.24) is 14.6 Å². The van der Waals surface area contributed by atoms with Gasteiger partial charge in [-0.1, -0.05) is 42.1 Å². The molecule has 1 atom stereocenters. The number of thioether (sulfide) groups is 1. The van der Waals surface area contributed by atoms with E-state index in [0.717, 1.165) is 22.1 Å². The highest BCUT2D eigenvalue weighted by Gasteiger charge is 2.20. The summed E-state index contributed by atoms with van der Waals surface area (Å²) in [5.41, 5.74) is 3.83. The van der Waals surface area contributed by atoms with E-state index in [0.29, 0.717) is 16.4 Å². The summed E-state index contributed by atoms with van der Waals surface area (Å²) in [7, 11) is 0. The van der Waals surface area contributed by atoms with E-state index in [1.165, 1.54) is 11.8 Å². The Morgan fingerprint density at radius 1 is 1.18 bits per heavy atom. The zero-order valence-electron chi connectivity index (χ0n) is 15.4. The van der Waals surface area contributed by atoms with Crippen LogP contribution >= 0.6 is 11.8 Å². The highest BCUT2D eigenvalue weighted by atomic mass is 32.2. The topological polar surface area (TPSA) is 83.1 Å². The van der Waals surface area contributed by atoms with Crippen LogP contribution in [-0.2, 0) is 4.79 Å². The second kappa shape index (κ2) is 7.33. The second-order valence-electron chi connectivity index (χ2n) is 6.43. The van der Waals surface area contributed by atoms with Crippen LogP contribution in [0.3, 0.4) is 0 Å². The molecule has 1 unspecified atom stereocenters. The van der Waals surface area contributed by atoms with E-state index in [1.54, 1.807) is 24.3 Å². The van der Waals surface area contributed by atoms with E-state index in [-0.39, 0.29) is 5.91 Å². The summed E-state index contributed by atoms with van der Waals surface area (Å²) in [6.45, 7) is 3.86. The van der Waals surface area contributed by atoms with E-state index in [4.69, 9.17) is 0 Å². The zero-order valence-corrected chi connectivity index (χ0v) is 16.2. The number of hydrogen-bond acceptors (Lipinski definition) is 5. The summed E-state index contributed by atoms with van der Waals surface area (Å²) in [6.07, 6.45) is 0. The summed E-state index contributed by atoms with van der Waals surface area (Å²) >= 11 is 1.34. The molecule has 4 rings (SSSR count). The number of nitrogens with one attached hydrogen (secondary N) is 1. The molecule has 4 aromatic rings. The minimum Gasteiger partial charge on any atom is -0.324 e. The number of aryl methyl sites for hydroxylation is 1. The van der Waals surface area contributed by atoms with Crippen LogP contribution in [-0.4, -0.2) is 25.8 Å². The normalized spacial score (nSPS) is 12.0. The maximum Gasteiger partial charge on any atom is 0.237 e. The fraction of sp³-hybridized carbons (Fsp3) is 0.143. The highest BCUT2D eigenvalue weighted by Crippen LogP contribution is 2.28. The molecule has 0 aliphatic carbocycles. The number of para-hydroxylation sites is 2. The van der Waals surface area contributed by atoms with Crippen molar-refractivity contribution in [2.24, 2.45) is 0 Å². The molecule has 138 valence electrons. The molecule has 2 heterocycles. The van der Waals surface area contributed by atoms with Crippen LogP contribution < -0.4 is 5.32 Å². The molecule has 0 fully saturated rings. The Morgan fingerprint density at radius 3 is 2.75 bits per heavy atom. The third kappa shape index (κ3) is 3.19. The standard InChI is InChI=1S/C21H17N5OS/c1-13-11-19-24-25-21(26(19)18-10-6-4-8-16(13)18)28-14(2)20(27)23-17-9-5-3-7-15(17)12-22/h3-11,14H,1-2H3,(H,23,27). The summed E-state index contributed by atoms with van der Waals surface area (Å²) in [6, 6.07) is 19.1. The predicted octanol–water partition coefficient (Wildman–Crippen LogP) is 4.18. The minimum atomic E-state index is -0.417. The quantitative estimate of drug-likeness (QED) is 0.531. The molecule has 0 aliphatic heterocycles. The van der Waals surface area contributed by atoms with Gasteiger partial charge in [-0.3, -0.25) is 9.20 Å². The first-order valence-corrected chi connectivity index (χ1v) is 9.66. The van der Waals surface area contributed by atoms with Crippen LogP contribution in [0.2, 0.25) is 0 Å². The number of aromatic nitrogens is 3. The fourth-order valence-corrected chi connectivity index (χ4v) is 3.95. The Bertz CT molecular complexity index is 1240. The van der Waals surface area contributed by atoms with Crippen molar-refractivity contribution >= 4 is 39.9 Å². The van der Waals surface area contributed by atoms with Gasteiger partial charge in [-0.05, 0) is 43.7 Å². The molecule has 2 aromatic heterocycles. The van der Waals surface area contributed by atoms with Gasteiger partial charge in [-0.15, -0.1) is 10.2 Å². The number of amides is 1. The highest BCUT2D eigenvalue weighted by molar-refractivity contribution is 8.00. The van der Waals surface area contributed by atoms with Crippen LogP contribution in [0.25, 0.3) is 16.6 Å². The van der Waals surface area contributed by atoms with Crippen molar-refractivity contribution in [1.29, 1.82) is 5.26 Å². The Balaban J connectivity index is 1.64. The van der Waals surface area contributed by atoms with Gasteiger partial charge in [-0.25, -0.2) is 0 Å². The van der Waals surface area contributed by atoms with Crippen LogP contribution in [0.15, 0.2) is 59.8 Å². The Hall–Kier alpha value is -3.37. The molecular formula is C21H17N5OS. The van der Waals surface area contributed by atoms with Gasteiger partial charge in [0.05, 0.1) is 22.0 Å².